The topological polar surface area (TPSA) is 75.6 Å². The van der Waals surface area contributed by atoms with Crippen molar-refractivity contribution in [2.75, 3.05) is 11.9 Å². The number of hydrogen-bond acceptors (Lipinski definition) is 5. The fourth-order valence-corrected chi connectivity index (χ4v) is 2.05. The van der Waals surface area contributed by atoms with Crippen LogP contribution in [0.1, 0.15) is 17.3 Å². The van der Waals surface area contributed by atoms with Gasteiger partial charge in [-0.05, 0) is 25.1 Å². The van der Waals surface area contributed by atoms with E-state index in [1.165, 1.54) is 31.2 Å². The molecule has 0 aliphatic heterocycles. The zero-order valence-electron chi connectivity index (χ0n) is 13.9. The molecule has 5 nitrogen and oxygen atoms in total. The van der Waals surface area contributed by atoms with E-state index in [1.54, 1.807) is 0 Å². The molecular formula is C18H13F4NO4. The minimum Gasteiger partial charge on any atom is -0.506 e. The third-order valence-corrected chi connectivity index (χ3v) is 3.36. The van der Waals surface area contributed by atoms with Gasteiger partial charge >= 0.3 is 5.97 Å². The van der Waals surface area contributed by atoms with E-state index in [9.17, 15) is 32.3 Å². The predicted molar refractivity (Wildman–Crippen MR) is 87.1 cm³/mol. The Morgan fingerprint density at radius 1 is 1.11 bits per heavy atom. The molecule has 27 heavy (non-hydrogen) atoms. The normalized spacial score (nSPS) is 11.2. The van der Waals surface area contributed by atoms with Gasteiger partial charge in [-0.25, -0.2) is 22.4 Å². The highest BCUT2D eigenvalue weighted by Crippen LogP contribution is 2.24. The number of ether oxygens (including phenoxy) is 1. The lowest BCUT2D eigenvalue weighted by atomic mass is 10.0. The highest BCUT2D eigenvalue weighted by atomic mass is 19.2. The van der Waals surface area contributed by atoms with Gasteiger partial charge in [-0.1, -0.05) is 12.1 Å². The first-order valence-electron chi connectivity index (χ1n) is 7.57. The summed E-state index contributed by atoms with van der Waals surface area (Å²) in [5.41, 5.74) is -1.92. The lowest BCUT2D eigenvalue weighted by molar-refractivity contribution is -0.138. The number of aromatic hydroxyl groups is 1. The van der Waals surface area contributed by atoms with Crippen LogP contribution in [0.2, 0.25) is 0 Å². The van der Waals surface area contributed by atoms with E-state index in [4.69, 9.17) is 0 Å². The molecule has 2 N–H and O–H groups in total. The number of para-hydroxylation sites is 2. The van der Waals surface area contributed by atoms with Crippen molar-refractivity contribution in [3.63, 3.8) is 0 Å². The second-order valence-electron chi connectivity index (χ2n) is 5.12. The molecule has 0 fully saturated rings. The molecule has 9 heteroatoms. The highest BCUT2D eigenvalue weighted by Gasteiger charge is 2.28. The molecule has 0 aromatic heterocycles. The van der Waals surface area contributed by atoms with Gasteiger partial charge < -0.3 is 15.2 Å². The first kappa shape index (κ1) is 20.0. The SMILES string of the molecule is CCOC(=O)/C(=C\Nc1ccccc1O)C(=O)c1cc(F)c(F)c(F)c1F. The zero-order chi connectivity index (χ0) is 20.1. The van der Waals surface area contributed by atoms with Crippen LogP contribution in [0.5, 0.6) is 5.75 Å². The number of carbonyl (C=O) groups is 2. The number of rotatable bonds is 6. The number of ketones is 1. The molecule has 0 spiro atoms. The molecule has 0 aliphatic carbocycles. The van der Waals surface area contributed by atoms with Crippen LogP contribution in [-0.2, 0) is 9.53 Å². The molecule has 0 aliphatic rings. The predicted octanol–water partition coefficient (Wildman–Crippen LogP) is 3.69. The Morgan fingerprint density at radius 2 is 1.78 bits per heavy atom. The maximum atomic E-state index is 13.9. The average Bonchev–Trinajstić information content (AvgIpc) is 2.64. The molecule has 0 saturated heterocycles. The first-order chi connectivity index (χ1) is 12.8. The monoisotopic (exact) mass is 383 g/mol. The van der Waals surface area contributed by atoms with Crippen LogP contribution in [0.15, 0.2) is 42.1 Å². The number of anilines is 1. The van der Waals surface area contributed by atoms with Gasteiger partial charge in [-0.2, -0.15) is 0 Å². The molecule has 0 amide bonds. The maximum Gasteiger partial charge on any atom is 0.343 e. The Morgan fingerprint density at radius 3 is 2.41 bits per heavy atom. The summed E-state index contributed by atoms with van der Waals surface area (Å²) in [6.07, 6.45) is 0.786. The minimum atomic E-state index is -2.18. The fourth-order valence-electron chi connectivity index (χ4n) is 2.05. The largest absolute Gasteiger partial charge is 0.506 e. The lowest BCUT2D eigenvalue weighted by Gasteiger charge is -2.10. The zero-order valence-corrected chi connectivity index (χ0v) is 13.9. The van der Waals surface area contributed by atoms with Gasteiger partial charge in [0.15, 0.2) is 23.3 Å². The van der Waals surface area contributed by atoms with Gasteiger partial charge in [0.25, 0.3) is 0 Å². The van der Waals surface area contributed by atoms with E-state index in [0.29, 0.717) is 0 Å². The average molecular weight is 383 g/mol. The summed E-state index contributed by atoms with van der Waals surface area (Å²) in [4.78, 5) is 24.5. The lowest BCUT2D eigenvalue weighted by Crippen LogP contribution is -2.19. The number of phenols is 1. The molecule has 2 aromatic carbocycles. The molecule has 0 unspecified atom stereocenters. The number of carbonyl (C=O) groups excluding carboxylic acids is 2. The molecule has 0 bridgehead atoms. The van der Waals surface area contributed by atoms with E-state index < -0.39 is 46.2 Å². The fraction of sp³-hybridized carbons (Fsp3) is 0.111. The van der Waals surface area contributed by atoms with Crippen LogP contribution >= 0.6 is 0 Å². The molecule has 2 rings (SSSR count). The van der Waals surface area contributed by atoms with Crippen LogP contribution in [0, 0.1) is 23.3 Å². The smallest absolute Gasteiger partial charge is 0.343 e. The molecule has 0 radical (unpaired) electrons. The summed E-state index contributed by atoms with van der Waals surface area (Å²) in [6, 6.07) is 5.90. The second kappa shape index (κ2) is 8.35. The van der Waals surface area contributed by atoms with Crippen molar-refractivity contribution in [3.05, 3.63) is 70.9 Å². The van der Waals surface area contributed by atoms with E-state index in [2.05, 4.69) is 10.1 Å². The first-order valence-corrected chi connectivity index (χ1v) is 7.57. The van der Waals surface area contributed by atoms with Crippen LogP contribution in [-0.4, -0.2) is 23.5 Å². The summed E-state index contributed by atoms with van der Waals surface area (Å²) in [5.74, 6) is -10.9. The molecule has 0 heterocycles. The summed E-state index contributed by atoms with van der Waals surface area (Å²) >= 11 is 0. The van der Waals surface area contributed by atoms with E-state index >= 15 is 0 Å². The van der Waals surface area contributed by atoms with Gasteiger partial charge in [0, 0.05) is 6.20 Å². The summed E-state index contributed by atoms with van der Waals surface area (Å²) in [6.45, 7) is 1.29. The van der Waals surface area contributed by atoms with E-state index in [0.717, 1.165) is 6.20 Å². The summed E-state index contributed by atoms with van der Waals surface area (Å²) < 4.78 is 58.4. The van der Waals surface area contributed by atoms with Crippen molar-refractivity contribution in [2.45, 2.75) is 6.92 Å². The Hall–Kier alpha value is -3.36. The molecular weight excluding hydrogens is 370 g/mol. The standard InChI is InChI=1S/C18H13F4NO4/c1-2-27-18(26)10(8-23-12-5-3-4-6-13(12)24)17(25)9-7-11(19)15(21)16(22)14(9)20/h3-8,23-24H,2H2,1H3/b10-8-. The number of benzene rings is 2. The van der Waals surface area contributed by atoms with Crippen molar-refractivity contribution in [2.24, 2.45) is 0 Å². The van der Waals surface area contributed by atoms with Crippen molar-refractivity contribution < 1.29 is 37.0 Å². The molecule has 0 atom stereocenters. The van der Waals surface area contributed by atoms with E-state index in [-0.39, 0.29) is 24.1 Å². The number of phenolic OH excluding ortho intramolecular Hbond substituents is 1. The number of halogens is 4. The van der Waals surface area contributed by atoms with Gasteiger partial charge in [-0.3, -0.25) is 4.79 Å². The maximum absolute atomic E-state index is 13.9. The Bertz CT molecular complexity index is 928. The quantitative estimate of drug-likeness (QED) is 0.0916. The highest BCUT2D eigenvalue weighted by molar-refractivity contribution is 6.24. The Kier molecular flexibility index (Phi) is 6.17. The second-order valence-corrected chi connectivity index (χ2v) is 5.12. The Balaban J connectivity index is 2.48. The molecule has 2 aromatic rings. The summed E-state index contributed by atoms with van der Waals surface area (Å²) in [5, 5.41) is 12.1. The van der Waals surface area contributed by atoms with Gasteiger partial charge in [0.05, 0.1) is 17.9 Å². The third kappa shape index (κ3) is 4.25. The minimum absolute atomic E-state index is 0.0871. The van der Waals surface area contributed by atoms with Crippen molar-refractivity contribution >= 4 is 17.4 Å². The van der Waals surface area contributed by atoms with Crippen molar-refractivity contribution in [1.82, 2.24) is 0 Å². The van der Waals surface area contributed by atoms with Gasteiger partial charge in [0.1, 0.15) is 11.3 Å². The number of esters is 1. The summed E-state index contributed by atoms with van der Waals surface area (Å²) in [7, 11) is 0. The van der Waals surface area contributed by atoms with Crippen LogP contribution in [0.25, 0.3) is 0 Å². The van der Waals surface area contributed by atoms with Crippen molar-refractivity contribution in [1.29, 1.82) is 0 Å². The number of hydrogen-bond donors (Lipinski definition) is 2. The van der Waals surface area contributed by atoms with Crippen LogP contribution in [0.4, 0.5) is 23.2 Å². The molecule has 0 saturated carbocycles. The number of Topliss-reactive ketones (excluding diaryl/α,β-unsaturated/α-hetero) is 1. The van der Waals surface area contributed by atoms with E-state index in [1.807, 2.05) is 0 Å². The van der Waals surface area contributed by atoms with Crippen molar-refractivity contribution in [3.8, 4) is 5.75 Å². The number of nitrogens with one attached hydrogen (secondary N) is 1. The van der Waals surface area contributed by atoms with Gasteiger partial charge in [0.2, 0.25) is 5.78 Å². The molecule has 142 valence electrons. The van der Waals surface area contributed by atoms with Crippen LogP contribution in [0.3, 0.4) is 0 Å². The van der Waals surface area contributed by atoms with Gasteiger partial charge in [-0.15, -0.1) is 0 Å². The van der Waals surface area contributed by atoms with Crippen LogP contribution < -0.4 is 5.32 Å². The third-order valence-electron chi connectivity index (χ3n) is 3.36. The Labute approximate surface area is 150 Å².